The van der Waals surface area contributed by atoms with E-state index in [0.717, 1.165) is 0 Å². The number of carbonyl (C=O) groups is 1. The summed E-state index contributed by atoms with van der Waals surface area (Å²) in [6.45, 7) is -1.69. The van der Waals surface area contributed by atoms with Gasteiger partial charge in [0.1, 0.15) is 18.1 Å². The number of amides is 1. The molecule has 140 valence electrons. The number of nitrogens with one attached hydrogen (secondary N) is 1. The first-order valence-electron chi connectivity index (χ1n) is 8.15. The zero-order valence-electron chi connectivity index (χ0n) is 14.7. The van der Waals surface area contributed by atoms with Gasteiger partial charge in [-0.15, -0.1) is 0 Å². The Hall–Kier alpha value is -2.67. The maximum absolute atomic E-state index is 12.5. The highest BCUT2D eigenvalue weighted by Crippen LogP contribution is 2.21. The lowest BCUT2D eigenvalue weighted by atomic mass is 10.1. The lowest BCUT2D eigenvalue weighted by Gasteiger charge is -2.15. The second kappa shape index (κ2) is 9.72. The molecular formula is C19H22F2N2O3. The predicted octanol–water partition coefficient (Wildman–Crippen LogP) is 3.16. The number of benzene rings is 2. The van der Waals surface area contributed by atoms with Crippen LogP contribution in [-0.2, 0) is 6.54 Å². The molecule has 0 bridgehead atoms. The first-order valence-corrected chi connectivity index (χ1v) is 8.15. The molecule has 0 heterocycles. The molecule has 26 heavy (non-hydrogen) atoms. The number of ether oxygens (including phenoxy) is 2. The number of halogens is 2. The first-order chi connectivity index (χ1) is 12.5. The molecule has 0 unspecified atom stereocenters. The third kappa shape index (κ3) is 6.00. The highest BCUT2D eigenvalue weighted by molar-refractivity contribution is 5.96. The van der Waals surface area contributed by atoms with Crippen molar-refractivity contribution >= 4 is 5.91 Å². The van der Waals surface area contributed by atoms with Crippen molar-refractivity contribution in [3.63, 3.8) is 0 Å². The lowest BCUT2D eigenvalue weighted by molar-refractivity contribution is -0.0504. The largest absolute Gasteiger partial charge is 0.491 e. The second-order valence-corrected chi connectivity index (χ2v) is 5.82. The molecule has 1 amide bonds. The summed E-state index contributed by atoms with van der Waals surface area (Å²) in [5.74, 6) is 0.166. The molecule has 0 aliphatic heterocycles. The van der Waals surface area contributed by atoms with E-state index in [1.165, 1.54) is 6.07 Å². The summed E-state index contributed by atoms with van der Waals surface area (Å²) in [5.41, 5.74) is 0.852. The number of carbonyl (C=O) groups excluding carboxylic acids is 1. The molecule has 0 atom stereocenters. The molecule has 5 nitrogen and oxygen atoms in total. The monoisotopic (exact) mass is 364 g/mol. The molecule has 0 aliphatic carbocycles. The summed E-state index contributed by atoms with van der Waals surface area (Å²) in [6, 6.07) is 13.2. The SMILES string of the molecule is CN(C)CCOc1ccccc1C(=O)NCc1ccccc1OC(F)F. The quantitative estimate of drug-likeness (QED) is 0.743. The van der Waals surface area contributed by atoms with Crippen molar-refractivity contribution in [2.75, 3.05) is 27.2 Å². The molecule has 2 aromatic rings. The Kier molecular flexibility index (Phi) is 7.35. The van der Waals surface area contributed by atoms with Gasteiger partial charge in [-0.05, 0) is 32.3 Å². The summed E-state index contributed by atoms with van der Waals surface area (Å²) in [5, 5.41) is 2.71. The van der Waals surface area contributed by atoms with E-state index in [0.29, 0.717) is 30.0 Å². The highest BCUT2D eigenvalue weighted by atomic mass is 19.3. The molecule has 0 aromatic heterocycles. The fourth-order valence-electron chi connectivity index (χ4n) is 2.25. The minimum atomic E-state index is -2.92. The number of rotatable bonds is 9. The standard InChI is InChI=1S/C19H22F2N2O3/c1-23(2)11-12-25-17-10-6-4-8-15(17)18(24)22-13-14-7-3-5-9-16(14)26-19(20)21/h3-10,19H,11-13H2,1-2H3,(H,22,24). The van der Waals surface area contributed by atoms with Crippen LogP contribution in [0.25, 0.3) is 0 Å². The lowest BCUT2D eigenvalue weighted by Crippen LogP contribution is -2.25. The molecular weight excluding hydrogens is 342 g/mol. The highest BCUT2D eigenvalue weighted by Gasteiger charge is 2.14. The Morgan fingerprint density at radius 3 is 2.42 bits per heavy atom. The topological polar surface area (TPSA) is 50.8 Å². The Balaban J connectivity index is 2.02. The van der Waals surface area contributed by atoms with Gasteiger partial charge in [0.25, 0.3) is 5.91 Å². The van der Waals surface area contributed by atoms with E-state index in [2.05, 4.69) is 10.1 Å². The maximum Gasteiger partial charge on any atom is 0.387 e. The zero-order chi connectivity index (χ0) is 18.9. The Morgan fingerprint density at radius 2 is 1.73 bits per heavy atom. The van der Waals surface area contributed by atoms with E-state index in [9.17, 15) is 13.6 Å². The second-order valence-electron chi connectivity index (χ2n) is 5.82. The van der Waals surface area contributed by atoms with Crippen molar-refractivity contribution < 1.29 is 23.0 Å². The van der Waals surface area contributed by atoms with Crippen molar-refractivity contribution in [2.45, 2.75) is 13.2 Å². The van der Waals surface area contributed by atoms with E-state index in [4.69, 9.17) is 4.74 Å². The van der Waals surface area contributed by atoms with Crippen LogP contribution in [0.3, 0.4) is 0 Å². The number of para-hydroxylation sites is 2. The third-order valence-corrected chi connectivity index (χ3v) is 3.56. The average molecular weight is 364 g/mol. The average Bonchev–Trinajstić information content (AvgIpc) is 2.60. The predicted molar refractivity (Wildman–Crippen MR) is 94.7 cm³/mol. The van der Waals surface area contributed by atoms with Crippen LogP contribution in [-0.4, -0.2) is 44.7 Å². The summed E-state index contributed by atoms with van der Waals surface area (Å²) in [4.78, 5) is 14.5. The van der Waals surface area contributed by atoms with Crippen LogP contribution in [0, 0.1) is 0 Å². The minimum Gasteiger partial charge on any atom is -0.491 e. The van der Waals surface area contributed by atoms with Crippen LogP contribution in [0.1, 0.15) is 15.9 Å². The van der Waals surface area contributed by atoms with Crippen molar-refractivity contribution in [1.29, 1.82) is 0 Å². The number of alkyl halides is 2. The summed E-state index contributed by atoms with van der Waals surface area (Å²) in [6.07, 6.45) is 0. The van der Waals surface area contributed by atoms with Gasteiger partial charge in [0, 0.05) is 18.7 Å². The summed E-state index contributed by atoms with van der Waals surface area (Å²) < 4.78 is 35.1. The molecule has 0 aliphatic rings. The van der Waals surface area contributed by atoms with Gasteiger partial charge in [-0.1, -0.05) is 30.3 Å². The first kappa shape index (κ1) is 19.7. The number of likely N-dealkylation sites (N-methyl/N-ethyl adjacent to an activating group) is 1. The van der Waals surface area contributed by atoms with Gasteiger partial charge < -0.3 is 19.7 Å². The van der Waals surface area contributed by atoms with Crippen molar-refractivity contribution in [2.24, 2.45) is 0 Å². The van der Waals surface area contributed by atoms with Crippen LogP contribution >= 0.6 is 0 Å². The minimum absolute atomic E-state index is 0.0401. The third-order valence-electron chi connectivity index (χ3n) is 3.56. The Bertz CT molecular complexity index is 723. The van der Waals surface area contributed by atoms with E-state index in [-0.39, 0.29) is 18.2 Å². The maximum atomic E-state index is 12.5. The molecule has 0 saturated carbocycles. The van der Waals surface area contributed by atoms with Gasteiger partial charge in [0.2, 0.25) is 0 Å². The van der Waals surface area contributed by atoms with Crippen LogP contribution in [0.4, 0.5) is 8.78 Å². The van der Waals surface area contributed by atoms with Gasteiger partial charge in [0.05, 0.1) is 5.56 Å². The zero-order valence-corrected chi connectivity index (χ0v) is 14.7. The molecule has 1 N–H and O–H groups in total. The van der Waals surface area contributed by atoms with E-state index < -0.39 is 6.61 Å². The van der Waals surface area contributed by atoms with Gasteiger partial charge >= 0.3 is 6.61 Å². The Labute approximate surface area is 151 Å². The summed E-state index contributed by atoms with van der Waals surface area (Å²) >= 11 is 0. The van der Waals surface area contributed by atoms with Gasteiger partial charge in [-0.25, -0.2) is 0 Å². The van der Waals surface area contributed by atoms with Crippen molar-refractivity contribution in [3.05, 3.63) is 59.7 Å². The fraction of sp³-hybridized carbons (Fsp3) is 0.316. The van der Waals surface area contributed by atoms with Crippen molar-refractivity contribution in [1.82, 2.24) is 10.2 Å². The molecule has 0 saturated heterocycles. The number of hydrogen-bond acceptors (Lipinski definition) is 4. The van der Waals surface area contributed by atoms with Crippen LogP contribution in [0.5, 0.6) is 11.5 Å². The van der Waals surface area contributed by atoms with E-state index in [1.54, 1.807) is 42.5 Å². The summed E-state index contributed by atoms with van der Waals surface area (Å²) in [7, 11) is 3.86. The van der Waals surface area contributed by atoms with Gasteiger partial charge in [0.15, 0.2) is 0 Å². The molecule has 2 rings (SSSR count). The molecule has 0 fully saturated rings. The van der Waals surface area contributed by atoms with Crippen LogP contribution in [0.15, 0.2) is 48.5 Å². The Morgan fingerprint density at radius 1 is 1.08 bits per heavy atom. The molecule has 0 spiro atoms. The normalized spacial score (nSPS) is 10.8. The fourth-order valence-corrected chi connectivity index (χ4v) is 2.25. The van der Waals surface area contributed by atoms with E-state index in [1.807, 2.05) is 19.0 Å². The van der Waals surface area contributed by atoms with E-state index >= 15 is 0 Å². The molecule has 2 aromatic carbocycles. The van der Waals surface area contributed by atoms with Gasteiger partial charge in [-0.3, -0.25) is 4.79 Å². The molecule has 7 heteroatoms. The smallest absolute Gasteiger partial charge is 0.387 e. The van der Waals surface area contributed by atoms with Gasteiger partial charge in [-0.2, -0.15) is 8.78 Å². The molecule has 0 radical (unpaired) electrons. The van der Waals surface area contributed by atoms with Crippen LogP contribution < -0.4 is 14.8 Å². The van der Waals surface area contributed by atoms with Crippen molar-refractivity contribution in [3.8, 4) is 11.5 Å². The number of nitrogens with zero attached hydrogens (tertiary/aromatic N) is 1. The van der Waals surface area contributed by atoms with Crippen LogP contribution in [0.2, 0.25) is 0 Å². The number of hydrogen-bond donors (Lipinski definition) is 1.